The number of anilines is 1. The van der Waals surface area contributed by atoms with E-state index in [2.05, 4.69) is 9.88 Å². The highest BCUT2D eigenvalue weighted by atomic mass is 35.5. The lowest BCUT2D eigenvalue weighted by molar-refractivity contribution is -0.137. The number of carbonyl (C=O) groups is 1. The van der Waals surface area contributed by atoms with E-state index in [4.69, 9.17) is 16.3 Å². The predicted molar refractivity (Wildman–Crippen MR) is 100 cm³/mol. The predicted octanol–water partition coefficient (Wildman–Crippen LogP) is 3.77. The Morgan fingerprint density at radius 3 is 2.54 bits per heavy atom. The summed E-state index contributed by atoms with van der Waals surface area (Å²) in [6.45, 7) is 3.72. The lowest BCUT2D eigenvalue weighted by atomic mass is 10.2. The molecule has 5 nitrogen and oxygen atoms in total. The summed E-state index contributed by atoms with van der Waals surface area (Å²) >= 11 is 6.02. The van der Waals surface area contributed by atoms with Crippen molar-refractivity contribution in [1.82, 2.24) is 9.88 Å². The van der Waals surface area contributed by atoms with Gasteiger partial charge in [-0.25, -0.2) is 4.98 Å². The molecule has 150 valence electrons. The Bertz CT molecular complexity index is 824. The first kappa shape index (κ1) is 20.4. The summed E-state index contributed by atoms with van der Waals surface area (Å²) in [7, 11) is 0. The zero-order chi connectivity index (χ0) is 20.1. The van der Waals surface area contributed by atoms with E-state index in [1.807, 2.05) is 11.0 Å². The number of hydrogen-bond donors (Lipinski definition) is 0. The summed E-state index contributed by atoms with van der Waals surface area (Å²) in [6, 6.07) is 7.94. The first-order valence-electron chi connectivity index (χ1n) is 8.75. The van der Waals surface area contributed by atoms with Gasteiger partial charge in [-0.3, -0.25) is 9.69 Å². The molecule has 0 radical (unpaired) electrons. The average molecular weight is 414 g/mol. The highest BCUT2D eigenvalue weighted by Gasteiger charge is 2.32. The van der Waals surface area contributed by atoms with E-state index >= 15 is 0 Å². The van der Waals surface area contributed by atoms with Crippen molar-refractivity contribution >= 4 is 23.7 Å². The van der Waals surface area contributed by atoms with Crippen molar-refractivity contribution < 1.29 is 22.7 Å². The van der Waals surface area contributed by atoms with Gasteiger partial charge < -0.3 is 9.64 Å². The Labute approximate surface area is 165 Å². The van der Waals surface area contributed by atoms with Crippen LogP contribution in [0, 0.1) is 0 Å². The number of carbonyl (C=O) groups excluding carboxylic acids is 1. The van der Waals surface area contributed by atoms with Gasteiger partial charge in [0.2, 0.25) is 0 Å². The molecular weight excluding hydrogens is 395 g/mol. The summed E-state index contributed by atoms with van der Waals surface area (Å²) in [5, 5.41) is -0.00271. The Kier molecular flexibility index (Phi) is 6.41. The largest absolute Gasteiger partial charge is 0.492 e. The number of halogens is 4. The van der Waals surface area contributed by atoms with Gasteiger partial charge in [-0.15, -0.1) is 0 Å². The third-order valence-electron chi connectivity index (χ3n) is 4.53. The van der Waals surface area contributed by atoms with Gasteiger partial charge in [-0.2, -0.15) is 13.2 Å². The second kappa shape index (κ2) is 8.79. The molecule has 0 atom stereocenters. The molecule has 1 fully saturated rings. The fourth-order valence-corrected chi connectivity index (χ4v) is 3.28. The van der Waals surface area contributed by atoms with Gasteiger partial charge in [0.15, 0.2) is 6.29 Å². The number of benzene rings is 1. The number of ether oxygens (including phenoxy) is 1. The Morgan fingerprint density at radius 1 is 1.18 bits per heavy atom. The van der Waals surface area contributed by atoms with Crippen molar-refractivity contribution in [2.24, 2.45) is 0 Å². The maximum absolute atomic E-state index is 12.7. The van der Waals surface area contributed by atoms with Crippen molar-refractivity contribution in [3.05, 3.63) is 52.7 Å². The summed E-state index contributed by atoms with van der Waals surface area (Å²) in [6.07, 6.45) is -2.89. The van der Waals surface area contributed by atoms with Crippen molar-refractivity contribution in [2.45, 2.75) is 6.18 Å². The molecule has 0 unspecified atom stereocenters. The quantitative estimate of drug-likeness (QED) is 0.675. The Morgan fingerprint density at radius 2 is 1.89 bits per heavy atom. The van der Waals surface area contributed by atoms with E-state index < -0.39 is 11.7 Å². The van der Waals surface area contributed by atoms with Crippen molar-refractivity contribution in [2.75, 3.05) is 44.2 Å². The fourth-order valence-electron chi connectivity index (χ4n) is 3.00. The molecule has 9 heteroatoms. The van der Waals surface area contributed by atoms with Crippen molar-refractivity contribution in [3.8, 4) is 5.75 Å². The Balaban J connectivity index is 1.50. The second-order valence-corrected chi connectivity index (χ2v) is 6.77. The number of nitrogens with zero attached hydrogens (tertiary/aromatic N) is 3. The molecule has 2 aromatic rings. The standard InChI is InChI=1S/C19H19ClF3N3O2/c20-16-11-15(19(21,22)23)12-24-18(16)26-7-5-25(6-8-26)9-10-28-17-4-2-1-3-14(17)13-27/h1-4,11-13H,5-10H2. The van der Waals surface area contributed by atoms with E-state index in [-0.39, 0.29) is 5.02 Å². The molecule has 0 aliphatic carbocycles. The first-order valence-corrected chi connectivity index (χ1v) is 9.13. The normalized spacial score (nSPS) is 15.5. The summed E-state index contributed by atoms with van der Waals surface area (Å²) in [5.41, 5.74) is -0.344. The number of aldehydes is 1. The monoisotopic (exact) mass is 413 g/mol. The molecule has 0 saturated carbocycles. The zero-order valence-electron chi connectivity index (χ0n) is 15.0. The number of rotatable bonds is 6. The smallest absolute Gasteiger partial charge is 0.417 e. The molecule has 28 heavy (non-hydrogen) atoms. The van der Waals surface area contributed by atoms with Crippen LogP contribution in [0.1, 0.15) is 15.9 Å². The molecule has 0 amide bonds. The molecule has 1 aromatic carbocycles. The summed E-state index contributed by atoms with van der Waals surface area (Å²) in [5.74, 6) is 0.919. The summed E-state index contributed by atoms with van der Waals surface area (Å²) < 4.78 is 43.9. The van der Waals surface area contributed by atoms with Crippen LogP contribution in [-0.4, -0.2) is 55.5 Å². The van der Waals surface area contributed by atoms with Gasteiger partial charge >= 0.3 is 6.18 Å². The van der Waals surface area contributed by atoms with Crippen molar-refractivity contribution in [1.29, 1.82) is 0 Å². The lowest BCUT2D eigenvalue weighted by Gasteiger charge is -2.35. The van der Waals surface area contributed by atoms with Gasteiger partial charge in [0.1, 0.15) is 18.2 Å². The van der Waals surface area contributed by atoms with Crippen LogP contribution in [0.5, 0.6) is 5.75 Å². The molecule has 1 saturated heterocycles. The third-order valence-corrected chi connectivity index (χ3v) is 4.81. The second-order valence-electron chi connectivity index (χ2n) is 6.36. The molecule has 1 aliphatic heterocycles. The highest BCUT2D eigenvalue weighted by Crippen LogP contribution is 2.33. The van der Waals surface area contributed by atoms with Crippen LogP contribution in [0.2, 0.25) is 5.02 Å². The molecule has 3 rings (SSSR count). The van der Waals surface area contributed by atoms with Gasteiger partial charge in [-0.05, 0) is 18.2 Å². The van der Waals surface area contributed by atoms with Crippen LogP contribution in [0.15, 0.2) is 36.5 Å². The first-order chi connectivity index (χ1) is 13.4. The van der Waals surface area contributed by atoms with Gasteiger partial charge in [0.05, 0.1) is 16.1 Å². The number of piperazine rings is 1. The molecular formula is C19H19ClF3N3O2. The van der Waals surface area contributed by atoms with Crippen LogP contribution in [-0.2, 0) is 6.18 Å². The molecule has 0 N–H and O–H groups in total. The van der Waals surface area contributed by atoms with Gasteiger partial charge in [0.25, 0.3) is 0 Å². The minimum absolute atomic E-state index is 0.00271. The van der Waals surface area contributed by atoms with E-state index in [1.165, 1.54) is 0 Å². The number of hydrogen-bond acceptors (Lipinski definition) is 5. The maximum atomic E-state index is 12.7. The fraction of sp³-hybridized carbons (Fsp3) is 0.368. The SMILES string of the molecule is O=Cc1ccccc1OCCN1CCN(c2ncc(C(F)(F)F)cc2Cl)CC1. The molecule has 0 bridgehead atoms. The maximum Gasteiger partial charge on any atom is 0.417 e. The number of para-hydroxylation sites is 1. The average Bonchev–Trinajstić information content (AvgIpc) is 2.68. The Hall–Kier alpha value is -2.32. The number of alkyl halides is 3. The van der Waals surface area contributed by atoms with Crippen LogP contribution in [0.25, 0.3) is 0 Å². The topological polar surface area (TPSA) is 45.7 Å². The van der Waals surface area contributed by atoms with Crippen LogP contribution < -0.4 is 9.64 Å². The lowest BCUT2D eigenvalue weighted by Crippen LogP contribution is -2.47. The van der Waals surface area contributed by atoms with Gasteiger partial charge in [-0.1, -0.05) is 23.7 Å². The molecule has 1 aliphatic rings. The zero-order valence-corrected chi connectivity index (χ0v) is 15.7. The number of aromatic nitrogens is 1. The molecule has 1 aromatic heterocycles. The third kappa shape index (κ3) is 4.94. The highest BCUT2D eigenvalue weighted by molar-refractivity contribution is 6.33. The van der Waals surface area contributed by atoms with Crippen LogP contribution >= 0.6 is 11.6 Å². The van der Waals surface area contributed by atoms with E-state index in [1.54, 1.807) is 18.2 Å². The molecule has 0 spiro atoms. The van der Waals surface area contributed by atoms with Gasteiger partial charge in [0, 0.05) is 38.9 Å². The minimum atomic E-state index is -4.46. The summed E-state index contributed by atoms with van der Waals surface area (Å²) in [4.78, 5) is 19.0. The molecule has 2 heterocycles. The van der Waals surface area contributed by atoms with E-state index in [0.29, 0.717) is 56.5 Å². The van der Waals surface area contributed by atoms with E-state index in [0.717, 1.165) is 18.5 Å². The van der Waals surface area contributed by atoms with Crippen LogP contribution in [0.3, 0.4) is 0 Å². The van der Waals surface area contributed by atoms with E-state index in [9.17, 15) is 18.0 Å². The van der Waals surface area contributed by atoms with Crippen LogP contribution in [0.4, 0.5) is 19.0 Å². The van der Waals surface area contributed by atoms with Crippen molar-refractivity contribution in [3.63, 3.8) is 0 Å². The number of pyridine rings is 1. The minimum Gasteiger partial charge on any atom is -0.492 e.